The normalized spacial score (nSPS) is 11.7. The Morgan fingerprint density at radius 3 is 1.16 bits per heavy atom. The third kappa shape index (κ3) is 6.79. The van der Waals surface area contributed by atoms with Crippen LogP contribution in [0.2, 0.25) is 0 Å². The van der Waals surface area contributed by atoms with E-state index in [1.54, 1.807) is 0 Å². The first kappa shape index (κ1) is 42.8. The second-order valence-electron chi connectivity index (χ2n) is 19.8. The standard InChI is InChI=1S/C74H47N/c1-4-23-48(24-5-1)66-47-65(56-33-12-14-36-59(56)73(66)74-60-37-15-11-32-55(60)54-31-10-13-35-58(54)72(74)49-25-6-2-7-26-49)50-27-22-28-51(45-50)70-61-38-16-18-40-63(61)71(64-41-19-17-39-62(64)70)52-43-44-69-67(46-52)57-34-20-21-42-68(57)75(69)53-29-8-3-9-30-53/h1-47H. The van der Waals surface area contributed by atoms with Crippen molar-refractivity contribution in [2.75, 3.05) is 0 Å². The molecule has 348 valence electrons. The number of para-hydroxylation sites is 2. The molecule has 1 nitrogen and oxygen atoms in total. The number of benzene rings is 14. The van der Waals surface area contributed by atoms with Gasteiger partial charge in [0, 0.05) is 16.5 Å². The van der Waals surface area contributed by atoms with Crippen molar-refractivity contribution in [3.63, 3.8) is 0 Å². The summed E-state index contributed by atoms with van der Waals surface area (Å²) in [6.07, 6.45) is 0. The summed E-state index contributed by atoms with van der Waals surface area (Å²) >= 11 is 0. The molecule has 0 amide bonds. The van der Waals surface area contributed by atoms with Crippen LogP contribution < -0.4 is 0 Å². The van der Waals surface area contributed by atoms with Crippen LogP contribution in [0.1, 0.15) is 0 Å². The summed E-state index contributed by atoms with van der Waals surface area (Å²) in [5, 5.41) is 14.9. The smallest absolute Gasteiger partial charge is 0.0541 e. The molecule has 0 aliphatic carbocycles. The first-order valence-electron chi connectivity index (χ1n) is 26.0. The van der Waals surface area contributed by atoms with Gasteiger partial charge in [0.1, 0.15) is 0 Å². The van der Waals surface area contributed by atoms with Crippen LogP contribution >= 0.6 is 0 Å². The summed E-state index contributed by atoms with van der Waals surface area (Å²) in [4.78, 5) is 0. The predicted octanol–water partition coefficient (Wildman–Crippen LogP) is 20.6. The number of hydrogen-bond donors (Lipinski definition) is 0. The van der Waals surface area contributed by atoms with E-state index < -0.39 is 0 Å². The Kier molecular flexibility index (Phi) is 9.96. The van der Waals surface area contributed by atoms with Gasteiger partial charge in [-0.05, 0) is 163 Å². The first-order chi connectivity index (χ1) is 37.3. The van der Waals surface area contributed by atoms with Crippen molar-refractivity contribution in [1.82, 2.24) is 4.57 Å². The average molecular weight is 950 g/mol. The van der Waals surface area contributed by atoms with E-state index in [-0.39, 0.29) is 0 Å². The second-order valence-corrected chi connectivity index (χ2v) is 19.8. The van der Waals surface area contributed by atoms with Crippen LogP contribution in [0.25, 0.3) is 148 Å². The van der Waals surface area contributed by atoms with Gasteiger partial charge < -0.3 is 4.57 Å². The molecule has 1 heterocycles. The summed E-state index contributed by atoms with van der Waals surface area (Å²) in [7, 11) is 0. The molecule has 0 saturated heterocycles. The monoisotopic (exact) mass is 949 g/mol. The van der Waals surface area contributed by atoms with E-state index in [2.05, 4.69) is 290 Å². The highest BCUT2D eigenvalue weighted by atomic mass is 15.0. The third-order valence-corrected chi connectivity index (χ3v) is 15.7. The molecule has 75 heavy (non-hydrogen) atoms. The largest absolute Gasteiger partial charge is 0.309 e. The topological polar surface area (TPSA) is 4.93 Å². The highest BCUT2D eigenvalue weighted by Gasteiger charge is 2.25. The number of rotatable bonds is 7. The van der Waals surface area contributed by atoms with Crippen LogP contribution in [0.3, 0.4) is 0 Å². The first-order valence-corrected chi connectivity index (χ1v) is 26.0. The fourth-order valence-electron chi connectivity index (χ4n) is 12.6. The molecule has 0 saturated carbocycles. The molecule has 0 radical (unpaired) electrons. The Hall–Kier alpha value is -9.82. The van der Waals surface area contributed by atoms with Crippen molar-refractivity contribution in [2.24, 2.45) is 0 Å². The van der Waals surface area contributed by atoms with Gasteiger partial charge in [0.2, 0.25) is 0 Å². The molecule has 15 aromatic rings. The van der Waals surface area contributed by atoms with Crippen molar-refractivity contribution >= 4 is 75.7 Å². The molecular weight excluding hydrogens is 903 g/mol. The van der Waals surface area contributed by atoms with Crippen molar-refractivity contribution in [1.29, 1.82) is 0 Å². The quantitative estimate of drug-likeness (QED) is 0.111. The Morgan fingerprint density at radius 1 is 0.173 bits per heavy atom. The lowest BCUT2D eigenvalue weighted by Crippen LogP contribution is -1.96. The summed E-state index contributed by atoms with van der Waals surface area (Å²) in [5.41, 5.74) is 18.2. The Balaban J connectivity index is 0.969. The summed E-state index contributed by atoms with van der Waals surface area (Å²) in [5.74, 6) is 0. The minimum atomic E-state index is 1.16. The van der Waals surface area contributed by atoms with Crippen molar-refractivity contribution < 1.29 is 0 Å². The van der Waals surface area contributed by atoms with Crippen LogP contribution in [0, 0.1) is 0 Å². The van der Waals surface area contributed by atoms with Crippen molar-refractivity contribution in [2.45, 2.75) is 0 Å². The van der Waals surface area contributed by atoms with Gasteiger partial charge in [-0.25, -0.2) is 0 Å². The van der Waals surface area contributed by atoms with Gasteiger partial charge in [0.25, 0.3) is 0 Å². The molecule has 0 bridgehead atoms. The highest BCUT2D eigenvalue weighted by molar-refractivity contribution is 6.27. The fraction of sp³-hybridized carbons (Fsp3) is 0. The molecule has 14 aromatic carbocycles. The maximum Gasteiger partial charge on any atom is 0.0541 e. The maximum absolute atomic E-state index is 2.48. The SMILES string of the molecule is c1ccc(-c2cc(-c3cccc(-c4c5ccccc5c(-c5ccc6c(c5)c5ccccc5n6-c5ccccc5)c5ccccc45)c3)c3ccccc3c2-c2c(-c3ccccc3)c3ccccc3c3ccccc23)cc1. The van der Waals surface area contributed by atoms with E-state index >= 15 is 0 Å². The number of hydrogen-bond acceptors (Lipinski definition) is 0. The molecule has 0 atom stereocenters. The van der Waals surface area contributed by atoms with Gasteiger partial charge >= 0.3 is 0 Å². The molecule has 0 fully saturated rings. The zero-order valence-electron chi connectivity index (χ0n) is 41.1. The van der Waals surface area contributed by atoms with Crippen LogP contribution in [-0.2, 0) is 0 Å². The summed E-state index contributed by atoms with van der Waals surface area (Å²) in [6.45, 7) is 0. The molecule has 1 heteroatoms. The van der Waals surface area contributed by atoms with E-state index in [9.17, 15) is 0 Å². The van der Waals surface area contributed by atoms with Crippen molar-refractivity contribution in [3.8, 4) is 72.4 Å². The van der Waals surface area contributed by atoms with Crippen LogP contribution in [0.15, 0.2) is 285 Å². The molecule has 0 unspecified atom stereocenters. The molecular formula is C74H47N. The van der Waals surface area contributed by atoms with Gasteiger partial charge in [0.15, 0.2) is 0 Å². The third-order valence-electron chi connectivity index (χ3n) is 15.7. The molecule has 0 spiro atoms. The second kappa shape index (κ2) is 17.4. The molecule has 0 aliphatic heterocycles. The summed E-state index contributed by atoms with van der Waals surface area (Å²) < 4.78 is 2.40. The van der Waals surface area contributed by atoms with Gasteiger partial charge in [-0.3, -0.25) is 0 Å². The number of fused-ring (bicyclic) bond motifs is 9. The molecule has 0 aliphatic rings. The minimum Gasteiger partial charge on any atom is -0.309 e. The number of aromatic nitrogens is 1. The molecule has 15 rings (SSSR count). The fourth-order valence-corrected chi connectivity index (χ4v) is 12.6. The van der Waals surface area contributed by atoms with E-state index in [0.29, 0.717) is 0 Å². The Labute approximate surface area is 435 Å². The number of nitrogens with zero attached hydrogens (tertiary/aromatic N) is 1. The van der Waals surface area contributed by atoms with E-state index in [0.717, 1.165) is 5.69 Å². The average Bonchev–Trinajstić information content (AvgIpc) is 3.86. The van der Waals surface area contributed by atoms with Gasteiger partial charge in [0.05, 0.1) is 11.0 Å². The zero-order chi connectivity index (χ0) is 49.4. The van der Waals surface area contributed by atoms with E-state index in [4.69, 9.17) is 0 Å². The Morgan fingerprint density at radius 2 is 0.573 bits per heavy atom. The van der Waals surface area contributed by atoms with Crippen molar-refractivity contribution in [3.05, 3.63) is 285 Å². The lowest BCUT2D eigenvalue weighted by Gasteiger charge is -2.24. The van der Waals surface area contributed by atoms with Crippen LogP contribution in [-0.4, -0.2) is 4.57 Å². The zero-order valence-corrected chi connectivity index (χ0v) is 41.1. The van der Waals surface area contributed by atoms with Crippen LogP contribution in [0.5, 0.6) is 0 Å². The van der Waals surface area contributed by atoms with Gasteiger partial charge in [-0.1, -0.05) is 243 Å². The van der Waals surface area contributed by atoms with Gasteiger partial charge in [-0.15, -0.1) is 0 Å². The van der Waals surface area contributed by atoms with E-state index in [1.165, 1.54) is 142 Å². The highest BCUT2D eigenvalue weighted by Crippen LogP contribution is 2.52. The lowest BCUT2D eigenvalue weighted by atomic mass is 9.79. The maximum atomic E-state index is 2.48. The summed E-state index contributed by atoms with van der Waals surface area (Å²) in [6, 6.07) is 106. The minimum absolute atomic E-state index is 1.16. The van der Waals surface area contributed by atoms with E-state index in [1.807, 2.05) is 0 Å². The Bertz CT molecular complexity index is 4680. The van der Waals surface area contributed by atoms with Crippen LogP contribution in [0.4, 0.5) is 0 Å². The predicted molar refractivity (Wildman–Crippen MR) is 321 cm³/mol. The lowest BCUT2D eigenvalue weighted by molar-refractivity contribution is 1.18. The molecule has 0 N–H and O–H groups in total. The van der Waals surface area contributed by atoms with Gasteiger partial charge in [-0.2, -0.15) is 0 Å². The molecule has 1 aromatic heterocycles.